The lowest BCUT2D eigenvalue weighted by molar-refractivity contribution is 0.0690. The third-order valence-electron chi connectivity index (χ3n) is 1.92. The van der Waals surface area contributed by atoms with E-state index < -0.39 is 5.97 Å². The number of carboxylic acids is 1. The molecule has 1 heterocycles. The number of carboxylic acid groups (broad SMARTS) is 1. The molecular weight excluding hydrogens is 218 g/mol. The Balaban J connectivity index is 2.93. The molecule has 1 unspecified atom stereocenters. The molecule has 0 aliphatic carbocycles. The number of rotatable bonds is 4. The van der Waals surface area contributed by atoms with Gasteiger partial charge in [-0.05, 0) is 24.9 Å². The fourth-order valence-corrected chi connectivity index (χ4v) is 1.14. The molecule has 1 aromatic heterocycles. The van der Waals surface area contributed by atoms with Crippen molar-refractivity contribution < 1.29 is 9.90 Å². The first-order valence-corrected chi connectivity index (χ1v) is 4.95. The van der Waals surface area contributed by atoms with Gasteiger partial charge >= 0.3 is 5.97 Å². The molecule has 0 radical (unpaired) electrons. The predicted molar refractivity (Wildman–Crippen MR) is 57.4 cm³/mol. The molecule has 82 valence electrons. The summed E-state index contributed by atoms with van der Waals surface area (Å²) in [6.07, 6.45) is 0.907. The minimum atomic E-state index is -1.12. The van der Waals surface area contributed by atoms with E-state index in [2.05, 4.69) is 15.3 Å². The molecule has 2 N–H and O–H groups in total. The summed E-state index contributed by atoms with van der Waals surface area (Å²) in [5.41, 5.74) is -0.110. The molecule has 0 amide bonds. The van der Waals surface area contributed by atoms with Crippen LogP contribution in [0.25, 0.3) is 0 Å². The smallest absolute Gasteiger partial charge is 0.354 e. The Morgan fingerprint density at radius 3 is 2.87 bits per heavy atom. The zero-order valence-electron chi connectivity index (χ0n) is 8.49. The molecule has 5 nitrogen and oxygen atoms in total. The molecule has 15 heavy (non-hydrogen) atoms. The van der Waals surface area contributed by atoms with Crippen LogP contribution in [0, 0.1) is 0 Å². The molecule has 1 atom stereocenters. The van der Waals surface area contributed by atoms with E-state index in [1.165, 1.54) is 6.07 Å². The summed E-state index contributed by atoms with van der Waals surface area (Å²) in [5.74, 6) is -0.687. The van der Waals surface area contributed by atoms with Gasteiger partial charge in [-0.1, -0.05) is 6.92 Å². The number of hydrogen-bond acceptors (Lipinski definition) is 4. The van der Waals surface area contributed by atoms with Gasteiger partial charge in [-0.3, -0.25) is 0 Å². The van der Waals surface area contributed by atoms with Crippen LogP contribution < -0.4 is 5.32 Å². The average Bonchev–Trinajstić information content (AvgIpc) is 2.16. The van der Waals surface area contributed by atoms with Gasteiger partial charge in [0.05, 0.1) is 0 Å². The van der Waals surface area contributed by atoms with E-state index in [4.69, 9.17) is 16.7 Å². The second kappa shape index (κ2) is 4.93. The highest BCUT2D eigenvalue weighted by molar-refractivity contribution is 6.28. The molecule has 0 aromatic carbocycles. The number of hydrogen-bond donors (Lipinski definition) is 2. The number of halogens is 1. The number of anilines is 1. The predicted octanol–water partition coefficient (Wildman–Crippen LogP) is 2.04. The monoisotopic (exact) mass is 229 g/mol. The number of aromatic nitrogens is 2. The van der Waals surface area contributed by atoms with Gasteiger partial charge in [0.15, 0.2) is 5.69 Å². The number of nitrogens with zero attached hydrogens (tertiary/aromatic N) is 2. The minimum absolute atomic E-state index is 0.0688. The lowest BCUT2D eigenvalue weighted by Gasteiger charge is -2.12. The Labute approximate surface area is 92.5 Å². The third kappa shape index (κ3) is 3.36. The standard InChI is InChI=1S/C9H12ClN3O2/c1-3-5(2)11-7-4-6(8(14)15)12-9(10)13-7/h4-5H,3H2,1-2H3,(H,14,15)(H,11,12,13). The maximum absolute atomic E-state index is 10.7. The van der Waals surface area contributed by atoms with E-state index in [1.807, 2.05) is 13.8 Å². The second-order valence-corrected chi connectivity index (χ2v) is 3.50. The molecule has 1 aromatic rings. The zero-order chi connectivity index (χ0) is 11.4. The Hall–Kier alpha value is -1.36. The zero-order valence-corrected chi connectivity index (χ0v) is 9.25. The fraction of sp³-hybridized carbons (Fsp3) is 0.444. The normalized spacial score (nSPS) is 12.2. The second-order valence-electron chi connectivity index (χ2n) is 3.17. The summed E-state index contributed by atoms with van der Waals surface area (Å²) in [6, 6.07) is 1.57. The highest BCUT2D eigenvalue weighted by Crippen LogP contribution is 2.12. The number of nitrogens with one attached hydrogen (secondary N) is 1. The van der Waals surface area contributed by atoms with Crippen LogP contribution in [0.4, 0.5) is 5.82 Å². The van der Waals surface area contributed by atoms with Crippen molar-refractivity contribution >= 4 is 23.4 Å². The molecule has 0 saturated carbocycles. The van der Waals surface area contributed by atoms with Gasteiger partial charge in [-0.15, -0.1) is 0 Å². The highest BCUT2D eigenvalue weighted by atomic mass is 35.5. The first kappa shape index (κ1) is 11.7. The van der Waals surface area contributed by atoms with Crippen molar-refractivity contribution in [1.29, 1.82) is 0 Å². The molecule has 0 aliphatic heterocycles. The largest absolute Gasteiger partial charge is 0.477 e. The van der Waals surface area contributed by atoms with Crippen molar-refractivity contribution in [1.82, 2.24) is 9.97 Å². The Morgan fingerprint density at radius 1 is 1.67 bits per heavy atom. The first-order valence-electron chi connectivity index (χ1n) is 4.57. The van der Waals surface area contributed by atoms with E-state index in [9.17, 15) is 4.79 Å². The van der Waals surface area contributed by atoms with Crippen LogP contribution in [0.5, 0.6) is 0 Å². The Morgan fingerprint density at radius 2 is 2.33 bits per heavy atom. The molecule has 1 rings (SSSR count). The van der Waals surface area contributed by atoms with Crippen LogP contribution in [0.15, 0.2) is 6.07 Å². The molecular formula is C9H12ClN3O2. The Bertz CT molecular complexity index is 370. The maximum Gasteiger partial charge on any atom is 0.354 e. The molecule has 0 spiro atoms. The average molecular weight is 230 g/mol. The quantitative estimate of drug-likeness (QED) is 0.773. The lowest BCUT2D eigenvalue weighted by Crippen LogP contribution is -2.15. The first-order chi connectivity index (χ1) is 7.02. The van der Waals surface area contributed by atoms with Crippen molar-refractivity contribution in [3.63, 3.8) is 0 Å². The van der Waals surface area contributed by atoms with E-state index in [0.29, 0.717) is 5.82 Å². The molecule has 0 bridgehead atoms. The van der Waals surface area contributed by atoms with Crippen molar-refractivity contribution in [2.75, 3.05) is 5.32 Å². The summed E-state index contributed by atoms with van der Waals surface area (Å²) >= 11 is 5.60. The molecule has 0 aliphatic rings. The summed E-state index contributed by atoms with van der Waals surface area (Å²) in [6.45, 7) is 3.98. The van der Waals surface area contributed by atoms with Gasteiger partial charge < -0.3 is 10.4 Å². The lowest BCUT2D eigenvalue weighted by atomic mass is 10.2. The van der Waals surface area contributed by atoms with Gasteiger partial charge in [0.1, 0.15) is 5.82 Å². The van der Waals surface area contributed by atoms with Gasteiger partial charge in [-0.2, -0.15) is 0 Å². The summed E-state index contributed by atoms with van der Waals surface area (Å²) in [4.78, 5) is 18.1. The van der Waals surface area contributed by atoms with Crippen LogP contribution in [0.2, 0.25) is 5.28 Å². The van der Waals surface area contributed by atoms with Crippen molar-refractivity contribution in [2.24, 2.45) is 0 Å². The highest BCUT2D eigenvalue weighted by Gasteiger charge is 2.10. The fourth-order valence-electron chi connectivity index (χ4n) is 0.956. The van der Waals surface area contributed by atoms with Gasteiger partial charge in [0, 0.05) is 12.1 Å². The number of carbonyl (C=O) groups is 1. The molecule has 6 heteroatoms. The molecule has 0 fully saturated rings. The van der Waals surface area contributed by atoms with Crippen LogP contribution in [0.3, 0.4) is 0 Å². The summed E-state index contributed by atoms with van der Waals surface area (Å²) < 4.78 is 0. The van der Waals surface area contributed by atoms with Gasteiger partial charge in [-0.25, -0.2) is 14.8 Å². The van der Waals surface area contributed by atoms with Crippen LogP contribution in [-0.4, -0.2) is 27.1 Å². The van der Waals surface area contributed by atoms with E-state index in [1.54, 1.807) is 0 Å². The Kier molecular flexibility index (Phi) is 3.85. The van der Waals surface area contributed by atoms with Crippen molar-refractivity contribution in [3.8, 4) is 0 Å². The van der Waals surface area contributed by atoms with Gasteiger partial charge in [0.2, 0.25) is 5.28 Å². The maximum atomic E-state index is 10.7. The van der Waals surface area contributed by atoms with E-state index >= 15 is 0 Å². The van der Waals surface area contributed by atoms with Crippen LogP contribution >= 0.6 is 11.6 Å². The minimum Gasteiger partial charge on any atom is -0.477 e. The SMILES string of the molecule is CCC(C)Nc1cc(C(=O)O)nc(Cl)n1. The third-order valence-corrected chi connectivity index (χ3v) is 2.09. The van der Waals surface area contributed by atoms with Crippen LogP contribution in [0.1, 0.15) is 30.8 Å². The van der Waals surface area contributed by atoms with Crippen LogP contribution in [-0.2, 0) is 0 Å². The topological polar surface area (TPSA) is 75.1 Å². The van der Waals surface area contributed by atoms with Crippen molar-refractivity contribution in [2.45, 2.75) is 26.3 Å². The summed E-state index contributed by atoms with van der Waals surface area (Å²) in [7, 11) is 0. The summed E-state index contributed by atoms with van der Waals surface area (Å²) in [5, 5.41) is 11.7. The van der Waals surface area contributed by atoms with E-state index in [-0.39, 0.29) is 17.0 Å². The van der Waals surface area contributed by atoms with E-state index in [0.717, 1.165) is 6.42 Å². The number of aromatic carboxylic acids is 1. The molecule has 0 saturated heterocycles. The van der Waals surface area contributed by atoms with Gasteiger partial charge in [0.25, 0.3) is 0 Å². The van der Waals surface area contributed by atoms with Crippen molar-refractivity contribution in [3.05, 3.63) is 17.0 Å².